The number of aryl methyl sites for hydroxylation is 2. The smallest absolute Gasteiger partial charge is 0.344 e. The maximum atomic E-state index is 13.9. The van der Waals surface area contributed by atoms with Crippen LogP contribution in [0.5, 0.6) is 17.4 Å². The Morgan fingerprint density at radius 2 is 1.74 bits per heavy atom. The van der Waals surface area contributed by atoms with Gasteiger partial charge in [0.05, 0.1) is 0 Å². The van der Waals surface area contributed by atoms with Gasteiger partial charge in [0.2, 0.25) is 11.8 Å². The number of aromatic nitrogens is 2. The predicted molar refractivity (Wildman–Crippen MR) is 125 cm³/mol. The van der Waals surface area contributed by atoms with Gasteiger partial charge in [-0.3, -0.25) is 0 Å². The van der Waals surface area contributed by atoms with E-state index in [2.05, 4.69) is 9.97 Å². The Balaban J connectivity index is 1.54. The van der Waals surface area contributed by atoms with Gasteiger partial charge in [0.25, 0.3) is 5.71 Å². The minimum absolute atomic E-state index is 0.0716. The Hall–Kier alpha value is -3.94. The Morgan fingerprint density at radius 3 is 2.41 bits per heavy atom. The normalized spacial score (nSPS) is 11.5. The molecule has 0 amide bonds. The monoisotopic (exact) mass is 464 g/mol. The fraction of sp³-hybridized carbons (Fsp3) is 0.269. The van der Waals surface area contributed by atoms with Crippen molar-refractivity contribution in [2.24, 2.45) is 0 Å². The summed E-state index contributed by atoms with van der Waals surface area (Å²) in [5, 5.41) is 0. The number of oxazole rings is 1. The third-order valence-corrected chi connectivity index (χ3v) is 4.74. The van der Waals surface area contributed by atoms with E-state index in [1.165, 1.54) is 12.1 Å². The van der Waals surface area contributed by atoms with Gasteiger partial charge in [0.1, 0.15) is 16.9 Å². The van der Waals surface area contributed by atoms with Crippen LogP contribution in [-0.2, 0) is 9.53 Å². The van der Waals surface area contributed by atoms with Gasteiger partial charge in [0.15, 0.2) is 18.2 Å². The molecular formula is C26H25FN2O5. The first-order chi connectivity index (χ1) is 16.1. The van der Waals surface area contributed by atoms with Gasteiger partial charge >= 0.3 is 5.97 Å². The zero-order valence-electron chi connectivity index (χ0n) is 19.6. The van der Waals surface area contributed by atoms with E-state index < -0.39 is 17.4 Å². The first-order valence-electron chi connectivity index (χ1n) is 10.8. The van der Waals surface area contributed by atoms with E-state index in [1.807, 2.05) is 26.0 Å². The number of hydrogen-bond donors (Lipinski definition) is 0. The number of rotatable bonds is 6. The summed E-state index contributed by atoms with van der Waals surface area (Å²) in [7, 11) is 0. The molecule has 0 saturated carbocycles. The van der Waals surface area contributed by atoms with Gasteiger partial charge in [0, 0.05) is 11.6 Å². The Bertz CT molecular complexity index is 1330. The van der Waals surface area contributed by atoms with Crippen LogP contribution in [0.4, 0.5) is 4.39 Å². The highest BCUT2D eigenvalue weighted by atomic mass is 19.1. The lowest BCUT2D eigenvalue weighted by Crippen LogP contribution is -2.27. The van der Waals surface area contributed by atoms with Crippen LogP contribution in [-0.4, -0.2) is 28.1 Å². The van der Waals surface area contributed by atoms with Crippen molar-refractivity contribution in [2.75, 3.05) is 6.61 Å². The number of ether oxygens (including phenoxy) is 3. The molecular weight excluding hydrogens is 439 g/mol. The van der Waals surface area contributed by atoms with Crippen molar-refractivity contribution in [3.63, 3.8) is 0 Å². The Kier molecular flexibility index (Phi) is 6.24. The molecule has 0 aliphatic heterocycles. The molecule has 0 fully saturated rings. The third-order valence-electron chi connectivity index (χ3n) is 4.74. The van der Waals surface area contributed by atoms with E-state index in [0.717, 1.165) is 16.7 Å². The number of para-hydroxylation sites is 1. The SMILES string of the molecule is Cc1cc(-c2nc3ccc(Oc4ccccc4F)nc3o2)cc(C)c1OCC(=O)OC(C)(C)C. The summed E-state index contributed by atoms with van der Waals surface area (Å²) < 4.78 is 36.3. The molecule has 0 atom stereocenters. The summed E-state index contributed by atoms with van der Waals surface area (Å²) in [6.45, 7) is 8.99. The number of nitrogens with zero attached hydrogens (tertiary/aromatic N) is 2. The van der Waals surface area contributed by atoms with Crippen LogP contribution in [0, 0.1) is 19.7 Å². The molecule has 34 heavy (non-hydrogen) atoms. The number of carbonyl (C=O) groups is 1. The van der Waals surface area contributed by atoms with Crippen molar-refractivity contribution in [3.05, 3.63) is 65.5 Å². The maximum absolute atomic E-state index is 13.9. The van der Waals surface area contributed by atoms with Crippen molar-refractivity contribution >= 4 is 17.2 Å². The van der Waals surface area contributed by atoms with Crippen molar-refractivity contribution in [2.45, 2.75) is 40.2 Å². The standard InChI is InChI=1S/C26H25FN2O5/c1-15-12-17(13-16(2)23(15)31-14-22(30)34-26(3,4)5)24-28-19-10-11-21(29-25(19)33-24)32-20-9-7-6-8-18(20)27/h6-13H,14H2,1-5H3. The number of fused-ring (bicyclic) bond motifs is 1. The summed E-state index contributed by atoms with van der Waals surface area (Å²) in [5.74, 6) is 0.317. The lowest BCUT2D eigenvalue weighted by atomic mass is 10.1. The number of carbonyl (C=O) groups excluding carboxylic acids is 1. The van der Waals surface area contributed by atoms with Gasteiger partial charge in [-0.2, -0.15) is 4.98 Å². The first kappa shape index (κ1) is 23.2. The molecule has 0 spiro atoms. The summed E-state index contributed by atoms with van der Waals surface area (Å²) >= 11 is 0. The van der Waals surface area contributed by atoms with Crippen LogP contribution in [0.25, 0.3) is 22.7 Å². The van der Waals surface area contributed by atoms with Gasteiger partial charge in [-0.1, -0.05) is 12.1 Å². The Morgan fingerprint density at radius 1 is 1.03 bits per heavy atom. The van der Waals surface area contributed by atoms with Gasteiger partial charge in [-0.05, 0) is 76.1 Å². The van der Waals surface area contributed by atoms with E-state index in [9.17, 15) is 9.18 Å². The second-order valence-corrected chi connectivity index (χ2v) is 8.84. The van der Waals surface area contributed by atoms with Crippen LogP contribution >= 0.6 is 0 Å². The van der Waals surface area contributed by atoms with Crippen molar-refractivity contribution in [1.82, 2.24) is 9.97 Å². The average Bonchev–Trinajstić information content (AvgIpc) is 3.17. The van der Waals surface area contributed by atoms with E-state index in [1.54, 1.807) is 45.0 Å². The van der Waals surface area contributed by atoms with Gasteiger partial charge in [-0.25, -0.2) is 14.2 Å². The zero-order chi connectivity index (χ0) is 24.5. The largest absolute Gasteiger partial charge is 0.481 e. The van der Waals surface area contributed by atoms with Gasteiger partial charge < -0.3 is 18.6 Å². The topological polar surface area (TPSA) is 83.7 Å². The molecule has 2 aromatic heterocycles. The lowest BCUT2D eigenvalue weighted by molar-refractivity contribution is -0.157. The molecule has 2 aromatic carbocycles. The fourth-order valence-corrected chi connectivity index (χ4v) is 3.42. The van der Waals surface area contributed by atoms with Crippen molar-refractivity contribution in [3.8, 4) is 28.8 Å². The number of pyridine rings is 1. The quantitative estimate of drug-likeness (QED) is 0.316. The molecule has 0 radical (unpaired) electrons. The fourth-order valence-electron chi connectivity index (χ4n) is 3.42. The highest BCUT2D eigenvalue weighted by Crippen LogP contribution is 2.32. The molecule has 7 nitrogen and oxygen atoms in total. The molecule has 0 saturated heterocycles. The molecule has 0 unspecified atom stereocenters. The number of halogens is 1. The third kappa shape index (κ3) is 5.33. The number of benzene rings is 2. The second-order valence-electron chi connectivity index (χ2n) is 8.84. The summed E-state index contributed by atoms with van der Waals surface area (Å²) in [5.41, 5.74) is 2.60. The van der Waals surface area contributed by atoms with Crippen LogP contribution in [0.1, 0.15) is 31.9 Å². The van der Waals surface area contributed by atoms with E-state index in [4.69, 9.17) is 18.6 Å². The van der Waals surface area contributed by atoms with E-state index >= 15 is 0 Å². The van der Waals surface area contributed by atoms with E-state index in [-0.39, 0.29) is 23.9 Å². The molecule has 0 aliphatic carbocycles. The van der Waals surface area contributed by atoms with Crippen LogP contribution in [0.15, 0.2) is 52.9 Å². The predicted octanol–water partition coefficient (Wildman–Crippen LogP) is 6.16. The van der Waals surface area contributed by atoms with Gasteiger partial charge in [-0.15, -0.1) is 0 Å². The minimum atomic E-state index is -0.574. The summed E-state index contributed by atoms with van der Waals surface area (Å²) in [6, 6.07) is 13.1. The average molecular weight is 464 g/mol. The molecule has 176 valence electrons. The first-order valence-corrected chi connectivity index (χ1v) is 10.8. The maximum Gasteiger partial charge on any atom is 0.344 e. The zero-order valence-corrected chi connectivity index (χ0v) is 19.6. The highest BCUT2D eigenvalue weighted by molar-refractivity contribution is 5.74. The molecule has 0 bridgehead atoms. The highest BCUT2D eigenvalue weighted by Gasteiger charge is 2.19. The molecule has 2 heterocycles. The van der Waals surface area contributed by atoms with Crippen LogP contribution in [0.2, 0.25) is 0 Å². The number of hydrogen-bond acceptors (Lipinski definition) is 7. The van der Waals surface area contributed by atoms with Crippen LogP contribution < -0.4 is 9.47 Å². The lowest BCUT2D eigenvalue weighted by Gasteiger charge is -2.20. The summed E-state index contributed by atoms with van der Waals surface area (Å²) in [6.07, 6.45) is 0. The molecule has 0 aliphatic rings. The summed E-state index contributed by atoms with van der Waals surface area (Å²) in [4.78, 5) is 20.8. The Labute approximate surface area is 196 Å². The van der Waals surface area contributed by atoms with Crippen LogP contribution in [0.3, 0.4) is 0 Å². The molecule has 8 heteroatoms. The molecule has 4 rings (SSSR count). The van der Waals surface area contributed by atoms with E-state index in [0.29, 0.717) is 17.2 Å². The molecule has 0 N–H and O–H groups in total. The molecule has 4 aromatic rings. The number of esters is 1. The van der Waals surface area contributed by atoms with Crippen molar-refractivity contribution < 1.29 is 27.8 Å². The second kappa shape index (κ2) is 9.13. The minimum Gasteiger partial charge on any atom is -0.481 e. The van der Waals surface area contributed by atoms with Crippen molar-refractivity contribution in [1.29, 1.82) is 0 Å².